The lowest BCUT2D eigenvalue weighted by molar-refractivity contribution is 0.719. The minimum Gasteiger partial charge on any atom is -0.324 e. The predicted molar refractivity (Wildman–Crippen MR) is 73.7 cm³/mol. The summed E-state index contributed by atoms with van der Waals surface area (Å²) in [6, 6.07) is 10.4. The van der Waals surface area contributed by atoms with E-state index < -0.39 is 0 Å². The number of nitrogens with two attached hydrogens (primary N) is 1. The molecule has 2 nitrogen and oxygen atoms in total. The molecule has 3 heteroatoms. The van der Waals surface area contributed by atoms with Gasteiger partial charge in [-0.3, -0.25) is 4.98 Å². The maximum Gasteiger partial charge on any atom is 0.0410 e. The van der Waals surface area contributed by atoms with Crippen LogP contribution in [0.1, 0.15) is 22.7 Å². The zero-order valence-corrected chi connectivity index (χ0v) is 11.3. The van der Waals surface area contributed by atoms with Crippen molar-refractivity contribution in [2.75, 3.05) is 0 Å². The maximum atomic E-state index is 6.18. The first-order chi connectivity index (χ1) is 8.15. The molecule has 0 saturated carbocycles. The highest BCUT2D eigenvalue weighted by molar-refractivity contribution is 9.10. The molecule has 0 amide bonds. The van der Waals surface area contributed by atoms with E-state index in [1.165, 1.54) is 5.56 Å². The summed E-state index contributed by atoms with van der Waals surface area (Å²) < 4.78 is 0.992. The zero-order chi connectivity index (χ0) is 12.3. The Morgan fingerprint density at radius 1 is 1.24 bits per heavy atom. The SMILES string of the molecule is Cc1ccc(C(N)Cc2cncc(Br)c2)cc1. The van der Waals surface area contributed by atoms with Crippen LogP contribution in [0.15, 0.2) is 47.2 Å². The summed E-state index contributed by atoms with van der Waals surface area (Å²) in [6.45, 7) is 2.08. The highest BCUT2D eigenvalue weighted by Crippen LogP contribution is 2.18. The van der Waals surface area contributed by atoms with Gasteiger partial charge in [0.2, 0.25) is 0 Å². The van der Waals surface area contributed by atoms with Crippen LogP contribution >= 0.6 is 15.9 Å². The molecule has 0 aliphatic heterocycles. The predicted octanol–water partition coefficient (Wildman–Crippen LogP) is 3.40. The Hall–Kier alpha value is -1.19. The van der Waals surface area contributed by atoms with Crippen LogP contribution in [-0.2, 0) is 6.42 Å². The van der Waals surface area contributed by atoms with Gasteiger partial charge >= 0.3 is 0 Å². The normalized spacial score (nSPS) is 12.4. The number of benzene rings is 1. The van der Waals surface area contributed by atoms with Crippen molar-refractivity contribution in [1.29, 1.82) is 0 Å². The Labute approximate surface area is 110 Å². The molecule has 0 radical (unpaired) electrons. The second kappa shape index (κ2) is 5.43. The Morgan fingerprint density at radius 3 is 2.59 bits per heavy atom. The molecule has 1 unspecified atom stereocenters. The number of rotatable bonds is 3. The molecule has 0 saturated heterocycles. The number of pyridine rings is 1. The van der Waals surface area contributed by atoms with E-state index in [1.54, 1.807) is 6.20 Å². The van der Waals surface area contributed by atoms with Gasteiger partial charge in [0.25, 0.3) is 0 Å². The van der Waals surface area contributed by atoms with E-state index in [0.717, 1.165) is 22.0 Å². The van der Waals surface area contributed by atoms with E-state index in [1.807, 2.05) is 6.20 Å². The monoisotopic (exact) mass is 290 g/mol. The summed E-state index contributed by atoms with van der Waals surface area (Å²) in [6.07, 6.45) is 4.44. The van der Waals surface area contributed by atoms with Crippen LogP contribution in [0.25, 0.3) is 0 Å². The summed E-state index contributed by atoms with van der Waals surface area (Å²) in [4.78, 5) is 4.14. The van der Waals surface area contributed by atoms with Crippen LogP contribution in [-0.4, -0.2) is 4.98 Å². The lowest BCUT2D eigenvalue weighted by Gasteiger charge is -2.12. The number of halogens is 1. The highest BCUT2D eigenvalue weighted by atomic mass is 79.9. The average Bonchev–Trinajstić information content (AvgIpc) is 2.29. The van der Waals surface area contributed by atoms with Gasteiger partial charge in [-0.25, -0.2) is 0 Å². The van der Waals surface area contributed by atoms with Crippen molar-refractivity contribution >= 4 is 15.9 Å². The van der Waals surface area contributed by atoms with Crippen LogP contribution in [0.3, 0.4) is 0 Å². The fraction of sp³-hybridized carbons (Fsp3) is 0.214. The first-order valence-electron chi connectivity index (χ1n) is 5.57. The Balaban J connectivity index is 2.11. The second-order valence-corrected chi connectivity index (χ2v) is 5.15. The topological polar surface area (TPSA) is 38.9 Å². The van der Waals surface area contributed by atoms with E-state index in [2.05, 4.69) is 58.2 Å². The quantitative estimate of drug-likeness (QED) is 0.941. The molecule has 2 rings (SSSR count). The molecule has 0 fully saturated rings. The molecule has 88 valence electrons. The maximum absolute atomic E-state index is 6.18. The van der Waals surface area contributed by atoms with Crippen LogP contribution in [0, 0.1) is 6.92 Å². The van der Waals surface area contributed by atoms with E-state index in [0.29, 0.717) is 0 Å². The molecule has 17 heavy (non-hydrogen) atoms. The van der Waals surface area contributed by atoms with Gasteiger partial charge in [0.15, 0.2) is 0 Å². The van der Waals surface area contributed by atoms with Crippen molar-refractivity contribution in [2.45, 2.75) is 19.4 Å². The number of hydrogen-bond acceptors (Lipinski definition) is 2. The Kier molecular flexibility index (Phi) is 3.92. The number of nitrogens with zero attached hydrogens (tertiary/aromatic N) is 1. The van der Waals surface area contributed by atoms with Crippen molar-refractivity contribution in [2.24, 2.45) is 5.73 Å². The Morgan fingerprint density at radius 2 is 1.94 bits per heavy atom. The van der Waals surface area contributed by atoms with Crippen molar-refractivity contribution in [1.82, 2.24) is 4.98 Å². The molecule has 2 N–H and O–H groups in total. The zero-order valence-electron chi connectivity index (χ0n) is 9.73. The van der Waals surface area contributed by atoms with Gasteiger partial charge in [0, 0.05) is 22.9 Å². The first-order valence-corrected chi connectivity index (χ1v) is 6.36. The van der Waals surface area contributed by atoms with Gasteiger partial charge in [-0.05, 0) is 46.5 Å². The summed E-state index contributed by atoms with van der Waals surface area (Å²) in [5, 5.41) is 0. The summed E-state index contributed by atoms with van der Waals surface area (Å²) in [5.74, 6) is 0. The molecule has 0 bridgehead atoms. The summed E-state index contributed by atoms with van der Waals surface area (Å²) >= 11 is 3.41. The fourth-order valence-electron chi connectivity index (χ4n) is 1.75. The van der Waals surface area contributed by atoms with Crippen molar-refractivity contribution in [3.63, 3.8) is 0 Å². The number of aryl methyl sites for hydroxylation is 1. The van der Waals surface area contributed by atoms with E-state index >= 15 is 0 Å². The van der Waals surface area contributed by atoms with Crippen molar-refractivity contribution in [3.05, 3.63) is 63.9 Å². The highest BCUT2D eigenvalue weighted by Gasteiger charge is 2.07. The largest absolute Gasteiger partial charge is 0.324 e. The van der Waals surface area contributed by atoms with Gasteiger partial charge in [-0.15, -0.1) is 0 Å². The molecule has 1 atom stereocenters. The minimum absolute atomic E-state index is 0.0201. The lowest BCUT2D eigenvalue weighted by Crippen LogP contribution is -2.13. The van der Waals surface area contributed by atoms with Gasteiger partial charge in [0.05, 0.1) is 0 Å². The minimum atomic E-state index is 0.0201. The smallest absolute Gasteiger partial charge is 0.0410 e. The second-order valence-electron chi connectivity index (χ2n) is 4.23. The third-order valence-corrected chi connectivity index (χ3v) is 3.16. The summed E-state index contributed by atoms with van der Waals surface area (Å²) in [5.41, 5.74) is 9.75. The first kappa shape index (κ1) is 12.3. The number of hydrogen-bond donors (Lipinski definition) is 1. The van der Waals surface area contributed by atoms with Crippen LogP contribution in [0.5, 0.6) is 0 Å². The molecule has 1 aromatic carbocycles. The average molecular weight is 291 g/mol. The fourth-order valence-corrected chi connectivity index (χ4v) is 2.17. The summed E-state index contributed by atoms with van der Waals surface area (Å²) in [7, 11) is 0. The number of aromatic nitrogens is 1. The third-order valence-electron chi connectivity index (χ3n) is 2.72. The van der Waals surface area contributed by atoms with Crippen LogP contribution < -0.4 is 5.73 Å². The van der Waals surface area contributed by atoms with Crippen molar-refractivity contribution in [3.8, 4) is 0 Å². The molecular formula is C14H15BrN2. The van der Waals surface area contributed by atoms with Gasteiger partial charge < -0.3 is 5.73 Å². The Bertz CT molecular complexity index is 494. The van der Waals surface area contributed by atoms with Gasteiger partial charge in [0.1, 0.15) is 0 Å². The van der Waals surface area contributed by atoms with E-state index in [-0.39, 0.29) is 6.04 Å². The van der Waals surface area contributed by atoms with Crippen LogP contribution in [0.4, 0.5) is 0 Å². The third kappa shape index (κ3) is 3.38. The molecule has 2 aromatic rings. The molecular weight excluding hydrogens is 276 g/mol. The van der Waals surface area contributed by atoms with E-state index in [9.17, 15) is 0 Å². The molecule has 0 aliphatic rings. The molecule has 1 heterocycles. The molecule has 1 aromatic heterocycles. The molecule has 0 aliphatic carbocycles. The van der Waals surface area contributed by atoms with Crippen molar-refractivity contribution < 1.29 is 0 Å². The molecule has 0 spiro atoms. The standard InChI is InChI=1S/C14H15BrN2/c1-10-2-4-12(5-3-10)14(16)7-11-6-13(15)9-17-8-11/h2-6,8-9,14H,7,16H2,1H3. The van der Waals surface area contributed by atoms with E-state index in [4.69, 9.17) is 5.73 Å². The van der Waals surface area contributed by atoms with Crippen LogP contribution in [0.2, 0.25) is 0 Å². The lowest BCUT2D eigenvalue weighted by atomic mass is 10.00. The van der Waals surface area contributed by atoms with Gasteiger partial charge in [-0.1, -0.05) is 29.8 Å². The van der Waals surface area contributed by atoms with Gasteiger partial charge in [-0.2, -0.15) is 0 Å².